The van der Waals surface area contributed by atoms with Gasteiger partial charge in [0.1, 0.15) is 12.0 Å². The highest BCUT2D eigenvalue weighted by molar-refractivity contribution is 5.92. The van der Waals surface area contributed by atoms with Crippen LogP contribution in [0.15, 0.2) is 42.6 Å². The number of aryl methyl sites for hydroxylation is 2. The van der Waals surface area contributed by atoms with Gasteiger partial charge >= 0.3 is 0 Å². The van der Waals surface area contributed by atoms with Gasteiger partial charge in [0.2, 0.25) is 5.91 Å². The smallest absolute Gasteiger partial charge is 0.287 e. The molecular formula is C20H22N4O3. The summed E-state index contributed by atoms with van der Waals surface area (Å²) in [6, 6.07) is 9.54. The van der Waals surface area contributed by atoms with E-state index in [-0.39, 0.29) is 11.6 Å². The summed E-state index contributed by atoms with van der Waals surface area (Å²) in [5, 5.41) is 10.8. The summed E-state index contributed by atoms with van der Waals surface area (Å²) in [4.78, 5) is 30.9. The van der Waals surface area contributed by atoms with Gasteiger partial charge in [-0.25, -0.2) is 4.98 Å². The Bertz CT molecular complexity index is 869. The second-order valence-corrected chi connectivity index (χ2v) is 6.65. The van der Waals surface area contributed by atoms with E-state index in [0.29, 0.717) is 26.2 Å². The van der Waals surface area contributed by atoms with Crippen LogP contribution >= 0.6 is 0 Å². The Morgan fingerprint density at radius 2 is 1.81 bits per heavy atom. The van der Waals surface area contributed by atoms with Crippen LogP contribution in [-0.4, -0.2) is 46.9 Å². The zero-order valence-electron chi connectivity index (χ0n) is 15.5. The number of rotatable bonds is 4. The lowest BCUT2D eigenvalue weighted by Gasteiger charge is -2.35. The number of nitro groups is 1. The molecule has 3 rings (SSSR count). The molecule has 0 N–H and O–H groups in total. The van der Waals surface area contributed by atoms with Gasteiger partial charge in [-0.15, -0.1) is 0 Å². The van der Waals surface area contributed by atoms with Crippen molar-refractivity contribution in [2.75, 3.05) is 31.1 Å². The van der Waals surface area contributed by atoms with Crippen LogP contribution in [0.2, 0.25) is 0 Å². The maximum Gasteiger partial charge on any atom is 0.287 e. The SMILES string of the molecule is Cc1ccc(/C=C/C(=O)N2CCN(c3ncc([N+](=O)[O-])cc3C)CC2)cc1. The normalized spacial score (nSPS) is 14.6. The van der Waals surface area contributed by atoms with Gasteiger partial charge in [0.25, 0.3) is 5.69 Å². The standard InChI is InChI=1S/C20H22N4O3/c1-15-3-5-17(6-4-15)7-8-19(25)22-9-11-23(12-10-22)20-16(2)13-18(14-21-20)24(26)27/h3-8,13-14H,9-12H2,1-2H3/b8-7+. The summed E-state index contributed by atoms with van der Waals surface area (Å²) in [6.07, 6.45) is 4.72. The number of carbonyl (C=O) groups excluding carboxylic acids is 1. The molecule has 1 aliphatic heterocycles. The zero-order valence-corrected chi connectivity index (χ0v) is 15.5. The minimum absolute atomic E-state index is 0.00805. The molecular weight excluding hydrogens is 344 g/mol. The number of benzene rings is 1. The van der Waals surface area contributed by atoms with E-state index in [1.807, 2.05) is 49.1 Å². The molecule has 0 bridgehead atoms. The molecule has 0 spiro atoms. The molecule has 2 aromatic rings. The number of amides is 1. The van der Waals surface area contributed by atoms with Crippen molar-refractivity contribution < 1.29 is 9.72 Å². The monoisotopic (exact) mass is 366 g/mol. The van der Waals surface area contributed by atoms with Crippen molar-refractivity contribution in [1.82, 2.24) is 9.88 Å². The molecule has 1 saturated heterocycles. The second-order valence-electron chi connectivity index (χ2n) is 6.65. The first-order valence-corrected chi connectivity index (χ1v) is 8.83. The highest BCUT2D eigenvalue weighted by Gasteiger charge is 2.22. The molecule has 1 aliphatic rings. The van der Waals surface area contributed by atoms with Crippen molar-refractivity contribution in [1.29, 1.82) is 0 Å². The third kappa shape index (κ3) is 4.49. The predicted octanol–water partition coefficient (Wildman–Crippen LogP) is 2.97. The Hall–Kier alpha value is -3.22. The number of carbonyl (C=O) groups is 1. The average molecular weight is 366 g/mol. The van der Waals surface area contributed by atoms with E-state index in [1.165, 1.54) is 17.8 Å². The summed E-state index contributed by atoms with van der Waals surface area (Å²) in [5.41, 5.74) is 2.94. The lowest BCUT2D eigenvalue weighted by atomic mass is 10.1. The highest BCUT2D eigenvalue weighted by Crippen LogP contribution is 2.22. The lowest BCUT2D eigenvalue weighted by Crippen LogP contribution is -2.48. The van der Waals surface area contributed by atoms with Gasteiger partial charge in [0.05, 0.1) is 4.92 Å². The number of pyridine rings is 1. The van der Waals surface area contributed by atoms with Crippen LogP contribution in [0.1, 0.15) is 16.7 Å². The molecule has 0 aliphatic carbocycles. The summed E-state index contributed by atoms with van der Waals surface area (Å²) in [7, 11) is 0. The largest absolute Gasteiger partial charge is 0.353 e. The van der Waals surface area contributed by atoms with Gasteiger partial charge in [-0.3, -0.25) is 14.9 Å². The van der Waals surface area contributed by atoms with Gasteiger partial charge in [-0.2, -0.15) is 0 Å². The summed E-state index contributed by atoms with van der Waals surface area (Å²) >= 11 is 0. The molecule has 0 atom stereocenters. The molecule has 1 amide bonds. The van der Waals surface area contributed by atoms with Crippen LogP contribution < -0.4 is 4.90 Å². The molecule has 2 heterocycles. The lowest BCUT2D eigenvalue weighted by molar-refractivity contribution is -0.385. The fourth-order valence-electron chi connectivity index (χ4n) is 3.07. The zero-order chi connectivity index (χ0) is 19.4. The van der Waals surface area contributed by atoms with E-state index >= 15 is 0 Å². The Kier molecular flexibility index (Phi) is 5.49. The molecule has 0 unspecified atom stereocenters. The van der Waals surface area contributed by atoms with Crippen molar-refractivity contribution in [3.8, 4) is 0 Å². The third-order valence-electron chi connectivity index (χ3n) is 4.63. The van der Waals surface area contributed by atoms with Gasteiger partial charge in [0.15, 0.2) is 0 Å². The fourth-order valence-corrected chi connectivity index (χ4v) is 3.07. The highest BCUT2D eigenvalue weighted by atomic mass is 16.6. The van der Waals surface area contributed by atoms with E-state index in [9.17, 15) is 14.9 Å². The van der Waals surface area contributed by atoms with Gasteiger partial charge in [-0.05, 0) is 31.1 Å². The third-order valence-corrected chi connectivity index (χ3v) is 4.63. The first-order chi connectivity index (χ1) is 12.9. The number of aromatic nitrogens is 1. The molecule has 7 heteroatoms. The Morgan fingerprint density at radius 3 is 2.41 bits per heavy atom. The van der Waals surface area contributed by atoms with E-state index in [2.05, 4.69) is 9.88 Å². The van der Waals surface area contributed by atoms with Crippen molar-refractivity contribution >= 4 is 23.5 Å². The molecule has 7 nitrogen and oxygen atoms in total. The number of hydrogen-bond acceptors (Lipinski definition) is 5. The molecule has 27 heavy (non-hydrogen) atoms. The predicted molar refractivity (Wildman–Crippen MR) is 105 cm³/mol. The van der Waals surface area contributed by atoms with E-state index < -0.39 is 4.92 Å². The van der Waals surface area contributed by atoms with Crippen molar-refractivity contribution in [3.63, 3.8) is 0 Å². The van der Waals surface area contributed by atoms with Crippen LogP contribution in [0.3, 0.4) is 0 Å². The molecule has 1 aromatic carbocycles. The van der Waals surface area contributed by atoms with Gasteiger partial charge in [-0.1, -0.05) is 29.8 Å². The number of hydrogen-bond donors (Lipinski definition) is 0. The Morgan fingerprint density at radius 1 is 1.15 bits per heavy atom. The minimum atomic E-state index is -0.444. The molecule has 1 fully saturated rings. The molecule has 0 saturated carbocycles. The molecule has 140 valence electrons. The Balaban J connectivity index is 1.59. The van der Waals surface area contributed by atoms with Gasteiger partial charge in [0, 0.05) is 38.3 Å². The summed E-state index contributed by atoms with van der Waals surface area (Å²) < 4.78 is 0. The van der Waals surface area contributed by atoms with E-state index in [0.717, 1.165) is 16.9 Å². The van der Waals surface area contributed by atoms with E-state index in [4.69, 9.17) is 0 Å². The first kappa shape index (κ1) is 18.6. The minimum Gasteiger partial charge on any atom is -0.353 e. The molecule has 0 radical (unpaired) electrons. The van der Waals surface area contributed by atoms with Crippen LogP contribution in [0, 0.1) is 24.0 Å². The van der Waals surface area contributed by atoms with Crippen molar-refractivity contribution in [2.24, 2.45) is 0 Å². The number of anilines is 1. The van der Waals surface area contributed by atoms with Crippen LogP contribution in [0.25, 0.3) is 6.08 Å². The summed E-state index contributed by atoms with van der Waals surface area (Å²) in [5.74, 6) is 0.728. The Labute approximate surface area is 158 Å². The maximum atomic E-state index is 12.4. The first-order valence-electron chi connectivity index (χ1n) is 8.83. The number of piperazine rings is 1. The quantitative estimate of drug-likeness (QED) is 0.472. The van der Waals surface area contributed by atoms with E-state index in [1.54, 1.807) is 6.08 Å². The van der Waals surface area contributed by atoms with Crippen molar-refractivity contribution in [3.05, 3.63) is 69.4 Å². The topological polar surface area (TPSA) is 79.6 Å². The second kappa shape index (κ2) is 7.99. The van der Waals surface area contributed by atoms with Crippen LogP contribution in [-0.2, 0) is 4.79 Å². The summed E-state index contributed by atoms with van der Waals surface area (Å²) in [6.45, 7) is 6.33. The fraction of sp³-hybridized carbons (Fsp3) is 0.300. The molecule has 1 aromatic heterocycles. The number of nitrogens with zero attached hydrogens (tertiary/aromatic N) is 4. The average Bonchev–Trinajstić information content (AvgIpc) is 2.67. The van der Waals surface area contributed by atoms with Gasteiger partial charge < -0.3 is 9.80 Å². The maximum absolute atomic E-state index is 12.4. The van der Waals surface area contributed by atoms with Crippen molar-refractivity contribution in [2.45, 2.75) is 13.8 Å². The van der Waals surface area contributed by atoms with Crippen LogP contribution in [0.5, 0.6) is 0 Å². The van der Waals surface area contributed by atoms with Crippen LogP contribution in [0.4, 0.5) is 11.5 Å².